The molecule has 1 aromatic carbocycles. The van der Waals surface area contributed by atoms with Gasteiger partial charge in [0.2, 0.25) is 10.0 Å². The van der Waals surface area contributed by atoms with E-state index in [1.54, 1.807) is 13.1 Å². The van der Waals surface area contributed by atoms with Gasteiger partial charge in [-0.1, -0.05) is 36.5 Å². The van der Waals surface area contributed by atoms with E-state index in [1.165, 1.54) is 6.07 Å². The third kappa shape index (κ3) is 3.71. The molecule has 0 bridgehead atoms. The zero-order valence-corrected chi connectivity index (χ0v) is 14.5. The summed E-state index contributed by atoms with van der Waals surface area (Å²) in [7, 11) is -1.87. The molecule has 21 heavy (non-hydrogen) atoms. The van der Waals surface area contributed by atoms with Gasteiger partial charge in [-0.15, -0.1) is 0 Å². The van der Waals surface area contributed by atoms with Crippen LogP contribution in [-0.4, -0.2) is 22.0 Å². The predicted molar refractivity (Wildman–Crippen MR) is 86.4 cm³/mol. The zero-order chi connectivity index (χ0) is 15.7. The summed E-state index contributed by atoms with van der Waals surface area (Å²) in [6, 6.07) is 3.02. The van der Waals surface area contributed by atoms with Crippen molar-refractivity contribution >= 4 is 33.2 Å². The quantitative estimate of drug-likeness (QED) is 0.828. The Labute approximate surface area is 136 Å². The van der Waals surface area contributed by atoms with Crippen LogP contribution in [0.3, 0.4) is 0 Å². The predicted octanol–water partition coefficient (Wildman–Crippen LogP) is 3.18. The van der Waals surface area contributed by atoms with Crippen LogP contribution in [-0.2, 0) is 16.6 Å². The highest BCUT2D eigenvalue weighted by Crippen LogP contribution is 2.40. The molecule has 2 rings (SSSR count). The van der Waals surface area contributed by atoms with Crippen molar-refractivity contribution < 1.29 is 8.42 Å². The van der Waals surface area contributed by atoms with Crippen molar-refractivity contribution in [3.63, 3.8) is 0 Å². The average Bonchev–Trinajstić information content (AvgIpc) is 2.39. The van der Waals surface area contributed by atoms with Gasteiger partial charge in [-0.05, 0) is 37.4 Å². The van der Waals surface area contributed by atoms with E-state index in [9.17, 15) is 8.42 Å². The van der Waals surface area contributed by atoms with Crippen LogP contribution < -0.4 is 10.0 Å². The topological polar surface area (TPSA) is 58.2 Å². The maximum atomic E-state index is 12.4. The molecule has 0 saturated heterocycles. The minimum atomic E-state index is -3.63. The summed E-state index contributed by atoms with van der Waals surface area (Å²) in [5.41, 5.74) is 0.665. The van der Waals surface area contributed by atoms with E-state index < -0.39 is 10.0 Å². The molecule has 0 unspecified atom stereocenters. The van der Waals surface area contributed by atoms with Crippen LogP contribution in [0.1, 0.15) is 31.7 Å². The van der Waals surface area contributed by atoms with Gasteiger partial charge in [-0.25, -0.2) is 13.1 Å². The van der Waals surface area contributed by atoms with Gasteiger partial charge in [-0.2, -0.15) is 0 Å². The van der Waals surface area contributed by atoms with Crippen LogP contribution in [0.25, 0.3) is 0 Å². The molecule has 7 heteroatoms. The van der Waals surface area contributed by atoms with Crippen LogP contribution in [0.15, 0.2) is 17.0 Å². The summed E-state index contributed by atoms with van der Waals surface area (Å²) in [5, 5.41) is 3.58. The van der Waals surface area contributed by atoms with E-state index in [2.05, 4.69) is 17.0 Å². The zero-order valence-electron chi connectivity index (χ0n) is 12.2. The van der Waals surface area contributed by atoms with Gasteiger partial charge in [0, 0.05) is 23.7 Å². The first-order valence-electron chi connectivity index (χ1n) is 6.90. The monoisotopic (exact) mass is 350 g/mol. The molecule has 0 atom stereocenters. The molecule has 118 valence electrons. The third-order valence-electron chi connectivity index (χ3n) is 4.04. The van der Waals surface area contributed by atoms with E-state index in [0.29, 0.717) is 23.7 Å². The Kier molecular flexibility index (Phi) is 5.21. The number of rotatable bonds is 6. The Balaban J connectivity index is 2.25. The Bertz CT molecular complexity index is 628. The van der Waals surface area contributed by atoms with Crippen LogP contribution in [0, 0.1) is 5.41 Å². The lowest BCUT2D eigenvalue weighted by Gasteiger charge is -2.38. The van der Waals surface area contributed by atoms with Crippen molar-refractivity contribution in [1.29, 1.82) is 0 Å². The Morgan fingerprint density at radius 1 is 1.29 bits per heavy atom. The van der Waals surface area contributed by atoms with Gasteiger partial charge in [0.25, 0.3) is 0 Å². The molecular formula is C14H20Cl2N2O2S. The Morgan fingerprint density at radius 2 is 1.95 bits per heavy atom. The molecular weight excluding hydrogens is 331 g/mol. The van der Waals surface area contributed by atoms with Crippen LogP contribution in [0.4, 0.5) is 0 Å². The molecule has 0 radical (unpaired) electrons. The summed E-state index contributed by atoms with van der Waals surface area (Å²) in [4.78, 5) is 0.0849. The number of hydrogen-bond acceptors (Lipinski definition) is 3. The van der Waals surface area contributed by atoms with Gasteiger partial charge in [-0.3, -0.25) is 0 Å². The number of sulfonamides is 1. The van der Waals surface area contributed by atoms with E-state index >= 15 is 0 Å². The molecule has 4 nitrogen and oxygen atoms in total. The standard InChI is InChI=1S/C14H20Cl2N2O2S/c1-14(6-3-7-14)9-18-21(19,20)12-5-4-11(15)10(8-17-2)13(12)16/h4-5,17-18H,3,6-9H2,1-2H3. The molecule has 1 aromatic rings. The maximum Gasteiger partial charge on any atom is 0.242 e. The van der Waals surface area contributed by atoms with Crippen molar-refractivity contribution in [1.82, 2.24) is 10.0 Å². The lowest BCUT2D eigenvalue weighted by Crippen LogP contribution is -2.40. The van der Waals surface area contributed by atoms with Crippen LogP contribution >= 0.6 is 23.2 Å². The van der Waals surface area contributed by atoms with Crippen LogP contribution in [0.5, 0.6) is 0 Å². The van der Waals surface area contributed by atoms with Crippen molar-refractivity contribution in [2.24, 2.45) is 5.41 Å². The highest BCUT2D eigenvalue weighted by molar-refractivity contribution is 7.89. The molecule has 0 spiro atoms. The highest BCUT2D eigenvalue weighted by atomic mass is 35.5. The molecule has 1 saturated carbocycles. The maximum absolute atomic E-state index is 12.4. The minimum absolute atomic E-state index is 0.0692. The summed E-state index contributed by atoms with van der Waals surface area (Å²) >= 11 is 12.3. The minimum Gasteiger partial charge on any atom is -0.316 e. The first-order chi connectivity index (χ1) is 9.79. The SMILES string of the molecule is CNCc1c(Cl)ccc(S(=O)(=O)NCC2(C)CCC2)c1Cl. The first kappa shape index (κ1) is 17.0. The molecule has 0 heterocycles. The van der Waals surface area contributed by atoms with Crippen molar-refractivity contribution in [3.8, 4) is 0 Å². The third-order valence-corrected chi connectivity index (χ3v) is 6.38. The molecule has 1 fully saturated rings. The van der Waals surface area contributed by atoms with Crippen molar-refractivity contribution in [2.45, 2.75) is 37.6 Å². The average molecular weight is 351 g/mol. The van der Waals surface area contributed by atoms with E-state index in [-0.39, 0.29) is 15.3 Å². The number of hydrogen-bond donors (Lipinski definition) is 2. The van der Waals surface area contributed by atoms with Gasteiger partial charge in [0.05, 0.1) is 5.02 Å². The molecule has 0 aliphatic heterocycles. The number of halogens is 2. The van der Waals surface area contributed by atoms with E-state index in [4.69, 9.17) is 23.2 Å². The summed E-state index contributed by atoms with van der Waals surface area (Å²) in [5.74, 6) is 0. The van der Waals surface area contributed by atoms with Crippen molar-refractivity contribution in [2.75, 3.05) is 13.6 Å². The number of benzene rings is 1. The van der Waals surface area contributed by atoms with E-state index in [1.807, 2.05) is 0 Å². The van der Waals surface area contributed by atoms with Crippen molar-refractivity contribution in [3.05, 3.63) is 27.7 Å². The molecule has 2 N–H and O–H groups in total. The summed E-state index contributed by atoms with van der Waals surface area (Å²) in [6.07, 6.45) is 3.26. The summed E-state index contributed by atoms with van der Waals surface area (Å²) < 4.78 is 27.6. The molecule has 0 aromatic heterocycles. The second-order valence-electron chi connectivity index (χ2n) is 5.86. The summed E-state index contributed by atoms with van der Waals surface area (Å²) in [6.45, 7) is 2.95. The fourth-order valence-electron chi connectivity index (χ4n) is 2.43. The Hall–Kier alpha value is -0.330. The second kappa shape index (κ2) is 6.42. The lowest BCUT2D eigenvalue weighted by molar-refractivity contribution is 0.166. The van der Waals surface area contributed by atoms with Gasteiger partial charge in [0.1, 0.15) is 4.90 Å². The molecule has 1 aliphatic carbocycles. The van der Waals surface area contributed by atoms with Gasteiger partial charge < -0.3 is 5.32 Å². The normalized spacial score (nSPS) is 17.5. The fraction of sp³-hybridized carbons (Fsp3) is 0.571. The second-order valence-corrected chi connectivity index (χ2v) is 8.38. The van der Waals surface area contributed by atoms with E-state index in [0.717, 1.165) is 19.3 Å². The fourth-order valence-corrected chi connectivity index (χ4v) is 4.54. The smallest absolute Gasteiger partial charge is 0.242 e. The first-order valence-corrected chi connectivity index (χ1v) is 9.14. The van der Waals surface area contributed by atoms with Crippen LogP contribution in [0.2, 0.25) is 10.0 Å². The Morgan fingerprint density at radius 3 is 2.48 bits per heavy atom. The van der Waals surface area contributed by atoms with Gasteiger partial charge >= 0.3 is 0 Å². The lowest BCUT2D eigenvalue weighted by atomic mass is 9.71. The largest absolute Gasteiger partial charge is 0.316 e. The highest BCUT2D eigenvalue weighted by Gasteiger charge is 2.33. The number of nitrogens with one attached hydrogen (secondary N) is 2. The van der Waals surface area contributed by atoms with Gasteiger partial charge in [0.15, 0.2) is 0 Å². The molecule has 1 aliphatic rings. The molecule has 0 amide bonds.